The molecule has 1 fully saturated rings. The van der Waals surface area contributed by atoms with Crippen LogP contribution in [0.4, 0.5) is 24.7 Å². The molecular formula is C34H33ClF3N7O5. The number of nitrogens with zero attached hydrogens (tertiary/aromatic N) is 5. The average Bonchev–Trinajstić information content (AvgIpc) is 3.10. The maximum atomic E-state index is 13.9. The number of alkyl halides is 3. The highest BCUT2D eigenvalue weighted by Gasteiger charge is 2.36. The Hall–Kier alpha value is -4.83. The lowest BCUT2D eigenvalue weighted by atomic mass is 9.96. The first-order valence-electron chi connectivity index (χ1n) is 15.5. The van der Waals surface area contributed by atoms with E-state index < -0.39 is 40.8 Å². The summed E-state index contributed by atoms with van der Waals surface area (Å²) in [6, 6.07) is 14.1. The van der Waals surface area contributed by atoms with E-state index in [1.165, 1.54) is 21.2 Å². The number of aromatic nitrogens is 5. The number of pyridine rings is 1. The summed E-state index contributed by atoms with van der Waals surface area (Å²) >= 11 is 7.02. The average molecular weight is 712 g/mol. The number of rotatable bonds is 8. The zero-order valence-electron chi connectivity index (χ0n) is 27.4. The number of methoxy groups -OCH3 is 1. The van der Waals surface area contributed by atoms with Crippen LogP contribution in [0, 0.1) is 6.92 Å². The molecule has 0 unspecified atom stereocenters. The smallest absolute Gasteiger partial charge is 0.451 e. The quantitative estimate of drug-likeness (QED) is 0.207. The number of aliphatic hydroxyl groups is 1. The molecule has 1 aliphatic rings. The molecule has 50 heavy (non-hydrogen) atoms. The van der Waals surface area contributed by atoms with Crippen molar-refractivity contribution in [1.29, 1.82) is 0 Å². The first-order valence-corrected chi connectivity index (χ1v) is 15.9. The standard InChI is InChI=1S/C34H33ClF3N7O5/c1-17-19(7-6-10-22(17)40-28-26-29(43-32(42-28)34(36,37)38)44(2)33(48)45(3)31(26)47)20-8-5-9-21(27(20)35)23-12-11-18(30(41-23)49-4)15-39-24-13-14-50-16-25(24)46/h5-12,24-25,39,46H,13-16H2,1-4H3,(H,40,42,43)/t24-,25+/m0/s1. The van der Waals surface area contributed by atoms with E-state index in [1.54, 1.807) is 31.2 Å². The van der Waals surface area contributed by atoms with Crippen molar-refractivity contribution >= 4 is 34.1 Å². The molecule has 6 rings (SSSR count). The van der Waals surface area contributed by atoms with Gasteiger partial charge in [-0.3, -0.25) is 13.9 Å². The van der Waals surface area contributed by atoms with E-state index >= 15 is 0 Å². The van der Waals surface area contributed by atoms with E-state index in [2.05, 4.69) is 20.6 Å². The van der Waals surface area contributed by atoms with E-state index in [9.17, 15) is 27.9 Å². The maximum absolute atomic E-state index is 13.9. The summed E-state index contributed by atoms with van der Waals surface area (Å²) in [5, 5.41) is 16.6. The lowest BCUT2D eigenvalue weighted by Gasteiger charge is -2.28. The normalized spacial score (nSPS) is 16.5. The van der Waals surface area contributed by atoms with Crippen LogP contribution in [-0.4, -0.2) is 61.7 Å². The molecule has 0 amide bonds. The Labute approximate surface area is 288 Å². The van der Waals surface area contributed by atoms with Crippen molar-refractivity contribution in [3.05, 3.63) is 91.3 Å². The molecule has 16 heteroatoms. The van der Waals surface area contributed by atoms with Gasteiger partial charge in [0.25, 0.3) is 5.56 Å². The summed E-state index contributed by atoms with van der Waals surface area (Å²) in [4.78, 5) is 37.6. The highest BCUT2D eigenvalue weighted by Crippen LogP contribution is 2.40. The van der Waals surface area contributed by atoms with Crippen LogP contribution in [0.5, 0.6) is 5.88 Å². The fraction of sp³-hybridized carbons (Fsp3) is 0.324. The molecule has 1 aliphatic heterocycles. The highest BCUT2D eigenvalue weighted by atomic mass is 35.5. The highest BCUT2D eigenvalue weighted by molar-refractivity contribution is 6.36. The fourth-order valence-corrected chi connectivity index (χ4v) is 6.26. The largest absolute Gasteiger partial charge is 0.481 e. The van der Waals surface area contributed by atoms with Crippen molar-refractivity contribution in [3.63, 3.8) is 0 Å². The van der Waals surface area contributed by atoms with Crippen LogP contribution < -0.4 is 26.6 Å². The SMILES string of the molecule is COc1nc(-c2cccc(-c3cccc(Nc4nc(C(F)(F)F)nc5c4c(=O)n(C)c(=O)n5C)c3C)c2Cl)ccc1CN[C@H]1CCOC[C@H]1O. The molecule has 12 nitrogen and oxygen atoms in total. The van der Waals surface area contributed by atoms with E-state index in [-0.39, 0.29) is 18.0 Å². The number of halogens is 4. The molecule has 0 radical (unpaired) electrons. The first-order chi connectivity index (χ1) is 23.8. The number of fused-ring (bicyclic) bond motifs is 1. The summed E-state index contributed by atoms with van der Waals surface area (Å²) < 4.78 is 54.1. The van der Waals surface area contributed by atoms with Gasteiger partial charge in [-0.15, -0.1) is 0 Å². The van der Waals surface area contributed by atoms with E-state index in [0.717, 1.165) is 14.7 Å². The summed E-state index contributed by atoms with van der Waals surface area (Å²) in [6.45, 7) is 3.01. The Morgan fingerprint density at radius 3 is 2.46 bits per heavy atom. The molecular weight excluding hydrogens is 679 g/mol. The lowest BCUT2D eigenvalue weighted by Crippen LogP contribution is -2.46. The predicted molar refractivity (Wildman–Crippen MR) is 182 cm³/mol. The predicted octanol–water partition coefficient (Wildman–Crippen LogP) is 4.73. The third-order valence-electron chi connectivity index (χ3n) is 8.72. The van der Waals surface area contributed by atoms with Crippen LogP contribution in [0.2, 0.25) is 5.02 Å². The van der Waals surface area contributed by atoms with Crippen molar-refractivity contribution in [2.45, 2.75) is 38.2 Å². The van der Waals surface area contributed by atoms with Crippen LogP contribution in [0.1, 0.15) is 23.4 Å². The summed E-state index contributed by atoms with van der Waals surface area (Å²) in [6.07, 6.45) is -4.89. The third kappa shape index (κ3) is 6.56. The molecule has 2 aromatic carbocycles. The van der Waals surface area contributed by atoms with E-state index in [4.69, 9.17) is 26.1 Å². The van der Waals surface area contributed by atoms with Crippen LogP contribution in [0.25, 0.3) is 33.4 Å². The molecule has 1 saturated heterocycles. The van der Waals surface area contributed by atoms with Gasteiger partial charge in [-0.2, -0.15) is 13.2 Å². The van der Waals surface area contributed by atoms with Gasteiger partial charge >= 0.3 is 11.9 Å². The van der Waals surface area contributed by atoms with Crippen molar-refractivity contribution in [3.8, 4) is 28.3 Å². The maximum Gasteiger partial charge on any atom is 0.451 e. The molecule has 3 N–H and O–H groups in total. The first kappa shape index (κ1) is 35.0. The van der Waals surface area contributed by atoms with Crippen LogP contribution >= 0.6 is 11.6 Å². The van der Waals surface area contributed by atoms with Crippen LogP contribution in [-0.2, 0) is 31.6 Å². The summed E-state index contributed by atoms with van der Waals surface area (Å²) in [5.74, 6) is -1.53. The Morgan fingerprint density at radius 1 is 1.02 bits per heavy atom. The van der Waals surface area contributed by atoms with Crippen molar-refractivity contribution in [2.75, 3.05) is 25.6 Å². The topological polar surface area (TPSA) is 145 Å². The molecule has 0 saturated carbocycles. The van der Waals surface area contributed by atoms with Gasteiger partial charge < -0.3 is 25.2 Å². The van der Waals surface area contributed by atoms with Gasteiger partial charge in [-0.25, -0.2) is 19.7 Å². The second-order valence-electron chi connectivity index (χ2n) is 11.9. The minimum Gasteiger partial charge on any atom is -0.481 e. The molecule has 0 bridgehead atoms. The van der Waals surface area contributed by atoms with Gasteiger partial charge in [-0.05, 0) is 36.6 Å². The lowest BCUT2D eigenvalue weighted by molar-refractivity contribution is -0.144. The zero-order valence-corrected chi connectivity index (χ0v) is 28.2. The number of aliphatic hydroxyl groups excluding tert-OH is 1. The number of aryl methyl sites for hydroxylation is 1. The molecule has 2 atom stereocenters. The van der Waals surface area contributed by atoms with Gasteiger partial charge in [0, 0.05) is 55.7 Å². The van der Waals surface area contributed by atoms with Crippen molar-refractivity contribution in [2.24, 2.45) is 14.1 Å². The Kier molecular flexibility index (Phi) is 9.68. The van der Waals surface area contributed by atoms with Gasteiger partial charge in [-0.1, -0.05) is 48.0 Å². The number of hydrogen-bond donors (Lipinski definition) is 3. The zero-order chi connectivity index (χ0) is 35.9. The molecule has 3 aromatic heterocycles. The van der Waals surface area contributed by atoms with Gasteiger partial charge in [0.1, 0.15) is 11.2 Å². The molecule has 4 heterocycles. The summed E-state index contributed by atoms with van der Waals surface area (Å²) in [5.41, 5.74) is 2.01. The second kappa shape index (κ2) is 13.8. The van der Waals surface area contributed by atoms with E-state index in [1.807, 2.05) is 24.3 Å². The van der Waals surface area contributed by atoms with Gasteiger partial charge in [0.2, 0.25) is 11.7 Å². The number of anilines is 2. The Bertz CT molecular complexity index is 2220. The van der Waals surface area contributed by atoms with Crippen LogP contribution in [0.15, 0.2) is 58.1 Å². The van der Waals surface area contributed by atoms with E-state index in [0.29, 0.717) is 64.1 Å². The number of ether oxygens (including phenoxy) is 2. The van der Waals surface area contributed by atoms with Crippen LogP contribution in [0.3, 0.4) is 0 Å². The number of benzene rings is 2. The minimum atomic E-state index is -4.95. The molecule has 262 valence electrons. The summed E-state index contributed by atoms with van der Waals surface area (Å²) in [7, 11) is 3.97. The molecule has 0 spiro atoms. The Morgan fingerprint density at radius 2 is 1.74 bits per heavy atom. The van der Waals surface area contributed by atoms with Crippen molar-refractivity contribution < 1.29 is 27.8 Å². The monoisotopic (exact) mass is 711 g/mol. The third-order valence-corrected chi connectivity index (χ3v) is 9.13. The van der Waals surface area contributed by atoms with Gasteiger partial charge in [0.15, 0.2) is 5.65 Å². The molecule has 0 aliphatic carbocycles. The second-order valence-corrected chi connectivity index (χ2v) is 12.2. The van der Waals surface area contributed by atoms with Crippen molar-refractivity contribution in [1.82, 2.24) is 29.4 Å². The number of nitrogens with one attached hydrogen (secondary N) is 2. The number of hydrogen-bond acceptors (Lipinski definition) is 10. The Balaban J connectivity index is 1.36. The fourth-order valence-electron chi connectivity index (χ4n) is 5.94. The van der Waals surface area contributed by atoms with Gasteiger partial charge in [0.05, 0.1) is 30.5 Å². The minimum absolute atomic E-state index is 0.119. The molecule has 5 aromatic rings.